The molecule has 1 aromatic carbocycles. The van der Waals surface area contributed by atoms with Gasteiger partial charge in [-0.15, -0.1) is 0 Å². The fourth-order valence-corrected chi connectivity index (χ4v) is 3.49. The minimum absolute atomic E-state index is 0.159. The standard InChI is InChI=1S/C19H24N2O7/c1-11-4-5-17(27-3)15(6-11)20-18(23)10-28-19(24)8-13-14(9-21(25)26)12(2)7-16(13)22/h4-6,12-14H,7-10H2,1-3H3,(H,20,23)/t12-,13+,14-/m1/s1. The van der Waals surface area contributed by atoms with E-state index < -0.39 is 35.2 Å². The SMILES string of the molecule is COc1ccc(C)cc1NC(=O)COC(=O)C[C@@H]1C(=O)C[C@@H](C)[C@H]1C[N+](=O)[O-]. The van der Waals surface area contributed by atoms with E-state index in [1.165, 1.54) is 7.11 Å². The van der Waals surface area contributed by atoms with Crippen LogP contribution in [0, 0.1) is 34.8 Å². The zero-order valence-corrected chi connectivity index (χ0v) is 16.1. The van der Waals surface area contributed by atoms with Crippen LogP contribution in [0.5, 0.6) is 5.75 Å². The summed E-state index contributed by atoms with van der Waals surface area (Å²) in [7, 11) is 1.47. The molecule has 152 valence electrons. The number of amides is 1. The molecule has 0 aromatic heterocycles. The normalized spacial score (nSPS) is 21.2. The quantitative estimate of drug-likeness (QED) is 0.407. The average molecular weight is 392 g/mol. The lowest BCUT2D eigenvalue weighted by Gasteiger charge is -2.17. The molecule has 2 rings (SSSR count). The van der Waals surface area contributed by atoms with E-state index in [4.69, 9.17) is 9.47 Å². The van der Waals surface area contributed by atoms with E-state index in [9.17, 15) is 24.5 Å². The fourth-order valence-electron chi connectivity index (χ4n) is 3.49. The van der Waals surface area contributed by atoms with Gasteiger partial charge in [0.05, 0.1) is 19.2 Å². The number of nitrogens with zero attached hydrogens (tertiary/aromatic N) is 1. The van der Waals surface area contributed by atoms with Gasteiger partial charge in [-0.25, -0.2) is 0 Å². The maximum atomic E-state index is 12.1. The summed E-state index contributed by atoms with van der Waals surface area (Å²) in [6.45, 7) is 2.74. The second-order valence-corrected chi connectivity index (χ2v) is 7.05. The maximum absolute atomic E-state index is 12.1. The van der Waals surface area contributed by atoms with Crippen LogP contribution >= 0.6 is 0 Å². The summed E-state index contributed by atoms with van der Waals surface area (Å²) in [6.07, 6.45) is -0.0488. The van der Waals surface area contributed by atoms with Gasteiger partial charge >= 0.3 is 5.97 Å². The van der Waals surface area contributed by atoms with Gasteiger partial charge < -0.3 is 14.8 Å². The number of hydrogen-bond donors (Lipinski definition) is 1. The number of esters is 1. The lowest BCUT2D eigenvalue weighted by atomic mass is 9.88. The highest BCUT2D eigenvalue weighted by Crippen LogP contribution is 2.36. The van der Waals surface area contributed by atoms with Crippen molar-refractivity contribution in [1.29, 1.82) is 0 Å². The van der Waals surface area contributed by atoms with Gasteiger partial charge in [0, 0.05) is 23.2 Å². The molecule has 1 aromatic rings. The minimum atomic E-state index is -0.743. The molecule has 1 aliphatic rings. The Morgan fingerprint density at radius 2 is 2.07 bits per heavy atom. The van der Waals surface area contributed by atoms with Gasteiger partial charge in [0.25, 0.3) is 5.91 Å². The molecule has 0 saturated heterocycles. The first-order chi connectivity index (χ1) is 13.2. The second kappa shape index (κ2) is 9.29. The third-order valence-corrected chi connectivity index (χ3v) is 4.92. The number of rotatable bonds is 8. The summed E-state index contributed by atoms with van der Waals surface area (Å²) in [5.74, 6) is -2.39. The van der Waals surface area contributed by atoms with Crippen molar-refractivity contribution in [2.45, 2.75) is 26.7 Å². The number of nitrogens with one attached hydrogen (secondary N) is 1. The van der Waals surface area contributed by atoms with Gasteiger partial charge in [-0.1, -0.05) is 13.0 Å². The Bertz CT molecular complexity index is 778. The lowest BCUT2D eigenvalue weighted by Crippen LogP contribution is -2.28. The van der Waals surface area contributed by atoms with E-state index in [1.807, 2.05) is 13.0 Å². The summed E-state index contributed by atoms with van der Waals surface area (Å²) < 4.78 is 10.1. The molecule has 0 unspecified atom stereocenters. The van der Waals surface area contributed by atoms with Gasteiger partial charge in [0.15, 0.2) is 6.61 Å². The van der Waals surface area contributed by atoms with Crippen molar-refractivity contribution in [2.24, 2.45) is 17.8 Å². The molecule has 0 bridgehead atoms. The number of anilines is 1. The summed E-state index contributed by atoms with van der Waals surface area (Å²) >= 11 is 0. The molecule has 28 heavy (non-hydrogen) atoms. The maximum Gasteiger partial charge on any atom is 0.307 e. The van der Waals surface area contributed by atoms with Gasteiger partial charge in [-0.2, -0.15) is 0 Å². The van der Waals surface area contributed by atoms with Crippen molar-refractivity contribution in [3.63, 3.8) is 0 Å². The smallest absolute Gasteiger partial charge is 0.307 e. The van der Waals surface area contributed by atoms with E-state index in [-0.39, 0.29) is 31.1 Å². The number of methoxy groups -OCH3 is 1. The molecule has 0 radical (unpaired) electrons. The Morgan fingerprint density at radius 1 is 1.36 bits per heavy atom. The van der Waals surface area contributed by atoms with Crippen molar-refractivity contribution in [2.75, 3.05) is 25.6 Å². The number of ether oxygens (including phenoxy) is 2. The summed E-state index contributed by atoms with van der Waals surface area (Å²) in [5, 5.41) is 13.4. The third kappa shape index (κ3) is 5.51. The molecular formula is C19H24N2O7. The van der Waals surface area contributed by atoms with Gasteiger partial charge in [-0.3, -0.25) is 24.5 Å². The summed E-state index contributed by atoms with van der Waals surface area (Å²) in [4.78, 5) is 46.5. The number of hydrogen-bond acceptors (Lipinski definition) is 7. The van der Waals surface area contributed by atoms with Crippen LogP contribution in [-0.4, -0.2) is 42.8 Å². The second-order valence-electron chi connectivity index (χ2n) is 7.05. The van der Waals surface area contributed by atoms with E-state index in [0.29, 0.717) is 11.4 Å². The van der Waals surface area contributed by atoms with Gasteiger partial charge in [-0.05, 0) is 30.5 Å². The predicted molar refractivity (Wildman–Crippen MR) is 99.6 cm³/mol. The van der Waals surface area contributed by atoms with Crippen LogP contribution in [0.4, 0.5) is 5.69 Å². The number of aryl methyl sites for hydroxylation is 1. The summed E-state index contributed by atoms with van der Waals surface area (Å²) in [5.41, 5.74) is 1.37. The third-order valence-electron chi connectivity index (χ3n) is 4.92. The average Bonchev–Trinajstić information content (AvgIpc) is 2.86. The first-order valence-corrected chi connectivity index (χ1v) is 8.96. The van der Waals surface area contributed by atoms with Crippen molar-refractivity contribution in [3.05, 3.63) is 33.9 Å². The van der Waals surface area contributed by atoms with E-state index in [1.54, 1.807) is 19.1 Å². The Labute approximate surface area is 162 Å². The molecular weight excluding hydrogens is 368 g/mol. The molecule has 3 atom stereocenters. The van der Waals surface area contributed by atoms with Crippen LogP contribution < -0.4 is 10.1 Å². The zero-order chi connectivity index (χ0) is 20.8. The Kier molecular flexibility index (Phi) is 7.08. The first kappa shape index (κ1) is 21.3. The lowest BCUT2D eigenvalue weighted by molar-refractivity contribution is -0.490. The van der Waals surface area contributed by atoms with Crippen molar-refractivity contribution < 1.29 is 28.8 Å². The number of nitro groups is 1. The minimum Gasteiger partial charge on any atom is -0.495 e. The fraction of sp³-hybridized carbons (Fsp3) is 0.526. The monoisotopic (exact) mass is 392 g/mol. The van der Waals surface area contributed by atoms with Crippen molar-refractivity contribution in [3.8, 4) is 5.75 Å². The highest BCUT2D eigenvalue weighted by Gasteiger charge is 2.44. The largest absolute Gasteiger partial charge is 0.495 e. The highest BCUT2D eigenvalue weighted by atomic mass is 16.6. The van der Waals surface area contributed by atoms with Gasteiger partial charge in [0.2, 0.25) is 6.54 Å². The molecule has 9 heteroatoms. The van der Waals surface area contributed by atoms with Gasteiger partial charge in [0.1, 0.15) is 11.5 Å². The number of Topliss-reactive ketones (excluding diaryl/α,β-unsaturated/α-hetero) is 1. The van der Waals surface area contributed by atoms with Crippen LogP contribution in [-0.2, 0) is 19.1 Å². The molecule has 1 saturated carbocycles. The van der Waals surface area contributed by atoms with Crippen LogP contribution in [0.15, 0.2) is 18.2 Å². The zero-order valence-electron chi connectivity index (χ0n) is 16.1. The van der Waals surface area contributed by atoms with Crippen molar-refractivity contribution in [1.82, 2.24) is 0 Å². The molecule has 1 amide bonds. The first-order valence-electron chi connectivity index (χ1n) is 8.96. The number of carbonyl (C=O) groups excluding carboxylic acids is 3. The highest BCUT2D eigenvalue weighted by molar-refractivity contribution is 5.94. The Hall–Kier alpha value is -2.97. The molecule has 0 spiro atoms. The summed E-state index contributed by atoms with van der Waals surface area (Å²) in [6, 6.07) is 5.26. The topological polar surface area (TPSA) is 125 Å². The van der Waals surface area contributed by atoms with E-state index in [0.717, 1.165) is 5.56 Å². The van der Waals surface area contributed by atoms with Crippen LogP contribution in [0.3, 0.4) is 0 Å². The van der Waals surface area contributed by atoms with E-state index in [2.05, 4.69) is 5.32 Å². The molecule has 1 aliphatic carbocycles. The van der Waals surface area contributed by atoms with E-state index >= 15 is 0 Å². The number of benzene rings is 1. The van der Waals surface area contributed by atoms with Crippen LogP contribution in [0.2, 0.25) is 0 Å². The number of ketones is 1. The van der Waals surface area contributed by atoms with Crippen molar-refractivity contribution >= 4 is 23.3 Å². The number of carbonyl (C=O) groups is 3. The Balaban J connectivity index is 1.89. The molecule has 9 nitrogen and oxygen atoms in total. The van der Waals surface area contributed by atoms with Crippen LogP contribution in [0.25, 0.3) is 0 Å². The predicted octanol–water partition coefficient (Wildman–Crippen LogP) is 1.99. The van der Waals surface area contributed by atoms with Crippen LogP contribution in [0.1, 0.15) is 25.3 Å². The molecule has 1 N–H and O–H groups in total. The Morgan fingerprint density at radius 3 is 2.71 bits per heavy atom. The molecule has 0 aliphatic heterocycles. The molecule has 1 fully saturated rings. The molecule has 0 heterocycles.